The van der Waals surface area contributed by atoms with E-state index in [1.54, 1.807) is 6.92 Å². The van der Waals surface area contributed by atoms with Crippen molar-refractivity contribution >= 4 is 5.97 Å². The van der Waals surface area contributed by atoms with Crippen LogP contribution in [0, 0.1) is 35.3 Å². The summed E-state index contributed by atoms with van der Waals surface area (Å²) in [5.74, 6) is 0.736. The van der Waals surface area contributed by atoms with Crippen molar-refractivity contribution in [3.63, 3.8) is 0 Å². The summed E-state index contributed by atoms with van der Waals surface area (Å²) in [4.78, 5) is 12.8. The molecule has 224 valence electrons. The van der Waals surface area contributed by atoms with Crippen LogP contribution in [-0.2, 0) is 4.74 Å². The Morgan fingerprint density at radius 1 is 0.756 bits per heavy atom. The van der Waals surface area contributed by atoms with Crippen LogP contribution in [0.1, 0.15) is 113 Å². The Morgan fingerprint density at radius 3 is 2.07 bits per heavy atom. The molecule has 3 saturated carbocycles. The predicted octanol–water partition coefficient (Wildman–Crippen LogP) is 9.26. The molecular formula is C35H46F2O4. The van der Waals surface area contributed by atoms with Gasteiger partial charge in [-0.05, 0) is 131 Å². The molecule has 5 rings (SSSR count). The van der Waals surface area contributed by atoms with Crippen LogP contribution in [0.4, 0.5) is 8.78 Å². The first-order valence-electron chi connectivity index (χ1n) is 16.0. The Morgan fingerprint density at radius 2 is 1.39 bits per heavy atom. The minimum atomic E-state index is -0.985. The zero-order valence-corrected chi connectivity index (χ0v) is 24.7. The molecule has 0 amide bonds. The van der Waals surface area contributed by atoms with Crippen LogP contribution in [0.3, 0.4) is 0 Å². The third kappa shape index (κ3) is 7.42. The molecule has 0 saturated heterocycles. The van der Waals surface area contributed by atoms with Gasteiger partial charge in [-0.1, -0.05) is 31.9 Å². The lowest BCUT2D eigenvalue weighted by atomic mass is 9.64. The Kier molecular flexibility index (Phi) is 10.2. The summed E-state index contributed by atoms with van der Waals surface area (Å²) >= 11 is 0. The van der Waals surface area contributed by atoms with Crippen LogP contribution in [0.5, 0.6) is 11.5 Å². The van der Waals surface area contributed by atoms with Gasteiger partial charge in [-0.3, -0.25) is 0 Å². The van der Waals surface area contributed by atoms with Crippen LogP contribution in [0.2, 0.25) is 0 Å². The molecule has 3 aliphatic carbocycles. The topological polar surface area (TPSA) is 44.8 Å². The van der Waals surface area contributed by atoms with Gasteiger partial charge >= 0.3 is 5.97 Å². The molecule has 3 aliphatic rings. The molecule has 2 aromatic carbocycles. The van der Waals surface area contributed by atoms with Crippen molar-refractivity contribution in [2.75, 3.05) is 13.2 Å². The maximum atomic E-state index is 14.4. The summed E-state index contributed by atoms with van der Waals surface area (Å²) in [5, 5.41) is 0. The van der Waals surface area contributed by atoms with Crippen molar-refractivity contribution in [2.24, 2.45) is 23.7 Å². The predicted molar refractivity (Wildman–Crippen MR) is 156 cm³/mol. The number of carbonyl (C=O) groups excluding carboxylic acids is 1. The molecule has 6 heteroatoms. The fraction of sp³-hybridized carbons (Fsp3) is 0.629. The second-order valence-corrected chi connectivity index (χ2v) is 12.6. The lowest BCUT2D eigenvalue weighted by molar-refractivity contribution is 0.0161. The molecule has 0 N–H and O–H groups in total. The Balaban J connectivity index is 1.07. The van der Waals surface area contributed by atoms with Gasteiger partial charge in [0.15, 0.2) is 11.5 Å². The third-order valence-electron chi connectivity index (χ3n) is 9.89. The van der Waals surface area contributed by atoms with Crippen molar-refractivity contribution in [2.45, 2.75) is 103 Å². The Labute approximate surface area is 244 Å². The van der Waals surface area contributed by atoms with E-state index in [1.165, 1.54) is 56.2 Å². The second kappa shape index (κ2) is 14.0. The summed E-state index contributed by atoms with van der Waals surface area (Å²) in [6.07, 6.45) is 13.6. The SMILES string of the molecule is CCCC1CCC(OC(=O)c2ccc(C3CCC4CC(COc5ccc(OCC)c(F)c5F)CCC4C3)cc2)CC1. The highest BCUT2D eigenvalue weighted by Gasteiger charge is 2.36. The fourth-order valence-corrected chi connectivity index (χ4v) is 7.60. The first-order valence-corrected chi connectivity index (χ1v) is 16.0. The standard InChI is InChI=1S/C35H46F2O4/c1-3-5-23-7-16-30(17-8-23)41-35(38)26-12-10-25(11-13-26)28-15-14-27-20-24(6-9-29(27)21-28)22-40-32-19-18-31(39-4-2)33(36)34(32)37/h10-13,18-19,23-24,27-30H,3-9,14-17,20-22H2,1-2H3. The van der Waals surface area contributed by atoms with Crippen molar-refractivity contribution < 1.29 is 27.8 Å². The van der Waals surface area contributed by atoms with Crippen LogP contribution < -0.4 is 9.47 Å². The average molecular weight is 569 g/mol. The van der Waals surface area contributed by atoms with E-state index in [0.717, 1.165) is 44.4 Å². The van der Waals surface area contributed by atoms with Gasteiger partial charge in [0.25, 0.3) is 0 Å². The molecular weight excluding hydrogens is 522 g/mol. The van der Waals surface area contributed by atoms with Gasteiger partial charge in [0.2, 0.25) is 11.6 Å². The number of rotatable bonds is 10. The Bertz CT molecular complexity index is 1140. The lowest BCUT2D eigenvalue weighted by Gasteiger charge is -2.42. The second-order valence-electron chi connectivity index (χ2n) is 12.6. The molecule has 4 unspecified atom stereocenters. The van der Waals surface area contributed by atoms with Crippen molar-refractivity contribution in [1.29, 1.82) is 0 Å². The number of fused-ring (bicyclic) bond motifs is 1. The monoisotopic (exact) mass is 568 g/mol. The molecule has 4 nitrogen and oxygen atoms in total. The quantitative estimate of drug-likeness (QED) is 0.268. The van der Waals surface area contributed by atoms with Crippen LogP contribution in [0.25, 0.3) is 0 Å². The molecule has 0 bridgehead atoms. The maximum absolute atomic E-state index is 14.4. The van der Waals surface area contributed by atoms with Crippen LogP contribution in [0.15, 0.2) is 36.4 Å². The first-order chi connectivity index (χ1) is 19.9. The lowest BCUT2D eigenvalue weighted by Crippen LogP contribution is -2.32. The largest absolute Gasteiger partial charge is 0.491 e. The molecule has 3 fully saturated rings. The smallest absolute Gasteiger partial charge is 0.338 e. The van der Waals surface area contributed by atoms with Gasteiger partial charge in [0.05, 0.1) is 18.8 Å². The van der Waals surface area contributed by atoms with Gasteiger partial charge in [-0.15, -0.1) is 0 Å². The molecule has 0 aliphatic heterocycles. The summed E-state index contributed by atoms with van der Waals surface area (Å²) in [6.45, 7) is 4.67. The van der Waals surface area contributed by atoms with E-state index in [4.69, 9.17) is 14.2 Å². The fourth-order valence-electron chi connectivity index (χ4n) is 7.60. The number of hydrogen-bond acceptors (Lipinski definition) is 4. The van der Waals surface area contributed by atoms with Gasteiger partial charge < -0.3 is 14.2 Å². The van der Waals surface area contributed by atoms with E-state index in [9.17, 15) is 13.6 Å². The van der Waals surface area contributed by atoms with Gasteiger partial charge in [0, 0.05) is 0 Å². The normalized spacial score (nSPS) is 28.0. The molecule has 0 heterocycles. The zero-order valence-electron chi connectivity index (χ0n) is 24.7. The van der Waals surface area contributed by atoms with E-state index >= 15 is 0 Å². The zero-order chi connectivity index (χ0) is 28.8. The van der Waals surface area contributed by atoms with Gasteiger partial charge in [0.1, 0.15) is 6.10 Å². The Hall–Kier alpha value is -2.63. The highest BCUT2D eigenvalue weighted by atomic mass is 19.2. The van der Waals surface area contributed by atoms with E-state index in [2.05, 4.69) is 19.1 Å². The van der Waals surface area contributed by atoms with Crippen molar-refractivity contribution in [3.05, 3.63) is 59.2 Å². The molecule has 4 atom stereocenters. The van der Waals surface area contributed by atoms with Crippen LogP contribution in [-0.4, -0.2) is 25.3 Å². The highest BCUT2D eigenvalue weighted by molar-refractivity contribution is 5.89. The van der Waals surface area contributed by atoms with E-state index < -0.39 is 11.6 Å². The number of esters is 1. The van der Waals surface area contributed by atoms with Crippen molar-refractivity contribution in [3.8, 4) is 11.5 Å². The molecule has 2 aromatic rings. The summed E-state index contributed by atoms with van der Waals surface area (Å²) in [7, 11) is 0. The average Bonchev–Trinajstić information content (AvgIpc) is 3.00. The maximum Gasteiger partial charge on any atom is 0.338 e. The first kappa shape index (κ1) is 29.8. The molecule has 0 aromatic heterocycles. The summed E-state index contributed by atoms with van der Waals surface area (Å²) < 4.78 is 45.3. The number of ether oxygens (including phenoxy) is 3. The van der Waals surface area contributed by atoms with E-state index in [0.29, 0.717) is 35.8 Å². The number of carbonyl (C=O) groups is 1. The molecule has 41 heavy (non-hydrogen) atoms. The summed E-state index contributed by atoms with van der Waals surface area (Å²) in [5.41, 5.74) is 1.97. The van der Waals surface area contributed by atoms with E-state index in [-0.39, 0.29) is 30.2 Å². The minimum absolute atomic E-state index is 0.0385. The van der Waals surface area contributed by atoms with Crippen LogP contribution >= 0.6 is 0 Å². The molecule has 0 spiro atoms. The van der Waals surface area contributed by atoms with Crippen molar-refractivity contribution in [1.82, 2.24) is 0 Å². The minimum Gasteiger partial charge on any atom is -0.491 e. The number of halogens is 2. The van der Waals surface area contributed by atoms with E-state index in [1.807, 2.05) is 12.1 Å². The third-order valence-corrected chi connectivity index (χ3v) is 9.89. The highest BCUT2D eigenvalue weighted by Crippen LogP contribution is 2.47. The van der Waals surface area contributed by atoms with Gasteiger partial charge in [-0.25, -0.2) is 4.79 Å². The number of benzene rings is 2. The molecule has 0 radical (unpaired) electrons. The summed E-state index contributed by atoms with van der Waals surface area (Å²) in [6, 6.07) is 11.1. The van der Waals surface area contributed by atoms with Gasteiger partial charge in [-0.2, -0.15) is 8.78 Å². The number of hydrogen-bond donors (Lipinski definition) is 0.